The number of hydrogen-bond acceptors (Lipinski definition) is 6. The summed E-state index contributed by atoms with van der Waals surface area (Å²) in [4.78, 5) is 23.6. The third kappa shape index (κ3) is 4.76. The maximum absolute atomic E-state index is 12.5. The first-order chi connectivity index (χ1) is 12.2. The Balaban J connectivity index is 1.62. The molecule has 3 heterocycles. The van der Waals surface area contributed by atoms with Crippen LogP contribution in [0.4, 0.5) is 5.13 Å². The quantitative estimate of drug-likeness (QED) is 0.855. The number of amides is 1. The Hall–Kier alpha value is -1.99. The second-order valence-corrected chi connectivity index (χ2v) is 7.23. The van der Waals surface area contributed by atoms with Crippen LogP contribution in [-0.2, 0) is 6.54 Å². The molecule has 0 radical (unpaired) electrons. The molecule has 0 unspecified atom stereocenters. The lowest BCUT2D eigenvalue weighted by molar-refractivity contribution is 0.102. The lowest BCUT2D eigenvalue weighted by Crippen LogP contribution is -2.33. The third-order valence-corrected chi connectivity index (χ3v) is 5.00. The number of piperidine rings is 1. The van der Waals surface area contributed by atoms with Crippen molar-refractivity contribution in [2.24, 2.45) is 5.92 Å². The van der Waals surface area contributed by atoms with Gasteiger partial charge in [-0.15, -0.1) is 11.3 Å². The lowest BCUT2D eigenvalue weighted by Gasteiger charge is -2.30. The molecule has 0 spiro atoms. The summed E-state index contributed by atoms with van der Waals surface area (Å²) in [5.74, 6) is 0.847. The van der Waals surface area contributed by atoms with Crippen LogP contribution in [0.25, 0.3) is 0 Å². The van der Waals surface area contributed by atoms with Crippen molar-refractivity contribution in [1.29, 1.82) is 0 Å². The van der Waals surface area contributed by atoms with E-state index in [1.165, 1.54) is 24.2 Å². The molecule has 2 aromatic heterocycles. The summed E-state index contributed by atoms with van der Waals surface area (Å²) in [6.45, 7) is 7.71. The zero-order valence-corrected chi connectivity index (χ0v) is 15.5. The van der Waals surface area contributed by atoms with Crippen molar-refractivity contribution in [3.8, 4) is 5.88 Å². The molecule has 0 saturated carbocycles. The van der Waals surface area contributed by atoms with Crippen LogP contribution in [0.1, 0.15) is 42.7 Å². The van der Waals surface area contributed by atoms with E-state index in [0.717, 1.165) is 31.2 Å². The van der Waals surface area contributed by atoms with E-state index in [1.807, 2.05) is 12.3 Å². The normalized spacial score (nSPS) is 18.1. The maximum Gasteiger partial charge on any atom is 0.262 e. The number of pyridine rings is 1. The Labute approximate surface area is 152 Å². The highest BCUT2D eigenvalue weighted by Crippen LogP contribution is 2.22. The third-order valence-electron chi connectivity index (χ3n) is 4.20. The minimum absolute atomic E-state index is 0.246. The number of nitrogens with one attached hydrogen (secondary N) is 1. The average Bonchev–Trinajstić information content (AvgIpc) is 3.02. The first kappa shape index (κ1) is 17.8. The zero-order valence-electron chi connectivity index (χ0n) is 14.7. The summed E-state index contributed by atoms with van der Waals surface area (Å²) < 4.78 is 5.42. The molecule has 1 saturated heterocycles. The van der Waals surface area contributed by atoms with Gasteiger partial charge in [0.2, 0.25) is 5.88 Å². The highest BCUT2D eigenvalue weighted by atomic mass is 32.1. The van der Waals surface area contributed by atoms with Crippen molar-refractivity contribution >= 4 is 22.4 Å². The van der Waals surface area contributed by atoms with Crippen molar-refractivity contribution < 1.29 is 9.53 Å². The molecule has 0 bridgehead atoms. The van der Waals surface area contributed by atoms with Crippen LogP contribution < -0.4 is 10.1 Å². The summed E-state index contributed by atoms with van der Waals surface area (Å²) in [7, 11) is 0. The van der Waals surface area contributed by atoms with Crippen molar-refractivity contribution in [1.82, 2.24) is 14.9 Å². The fourth-order valence-corrected chi connectivity index (χ4v) is 3.77. The van der Waals surface area contributed by atoms with Gasteiger partial charge in [0.25, 0.3) is 5.91 Å². The molecule has 6 nitrogen and oxygen atoms in total. The first-order valence-corrected chi connectivity index (χ1v) is 9.59. The van der Waals surface area contributed by atoms with Gasteiger partial charge in [0.1, 0.15) is 5.56 Å². The van der Waals surface area contributed by atoms with Crippen LogP contribution in [0.3, 0.4) is 0 Å². The van der Waals surface area contributed by atoms with Gasteiger partial charge in [-0.3, -0.25) is 15.0 Å². The van der Waals surface area contributed by atoms with Crippen LogP contribution in [0.15, 0.2) is 23.7 Å². The number of hydrogen-bond donors (Lipinski definition) is 1. The molecule has 134 valence electrons. The minimum atomic E-state index is -0.246. The number of carbonyl (C=O) groups is 1. The average molecular weight is 360 g/mol. The van der Waals surface area contributed by atoms with E-state index in [9.17, 15) is 4.79 Å². The molecule has 1 atom stereocenters. The number of likely N-dealkylation sites (tertiary alicyclic amines) is 1. The fourth-order valence-electron chi connectivity index (χ4n) is 3.08. The van der Waals surface area contributed by atoms with E-state index in [1.54, 1.807) is 18.3 Å². The van der Waals surface area contributed by atoms with Gasteiger partial charge in [-0.2, -0.15) is 0 Å². The molecule has 0 aromatic carbocycles. The van der Waals surface area contributed by atoms with E-state index in [2.05, 4.69) is 27.1 Å². The summed E-state index contributed by atoms with van der Waals surface area (Å²) in [6.07, 6.45) is 4.17. The molecule has 7 heteroatoms. The topological polar surface area (TPSA) is 67.3 Å². The number of nitrogens with zero attached hydrogens (tertiary/aromatic N) is 3. The van der Waals surface area contributed by atoms with Crippen LogP contribution in [0.5, 0.6) is 5.88 Å². The molecule has 3 rings (SSSR count). The van der Waals surface area contributed by atoms with E-state index in [0.29, 0.717) is 23.2 Å². The predicted molar refractivity (Wildman–Crippen MR) is 99.1 cm³/mol. The molecule has 0 aliphatic carbocycles. The SMILES string of the molecule is CCOc1ncccc1C(=O)Nc1nc(CN2CCC[C@H](C)C2)cs1. The highest BCUT2D eigenvalue weighted by Gasteiger charge is 2.18. The molecule has 1 aliphatic heterocycles. The van der Waals surface area contributed by atoms with Crippen molar-refractivity contribution in [2.75, 3.05) is 25.0 Å². The van der Waals surface area contributed by atoms with E-state index in [4.69, 9.17) is 4.74 Å². The minimum Gasteiger partial charge on any atom is -0.477 e. The van der Waals surface area contributed by atoms with Crippen molar-refractivity contribution in [3.63, 3.8) is 0 Å². The van der Waals surface area contributed by atoms with Gasteiger partial charge >= 0.3 is 0 Å². The van der Waals surface area contributed by atoms with Crippen molar-refractivity contribution in [2.45, 2.75) is 33.2 Å². The van der Waals surface area contributed by atoms with Gasteiger partial charge in [0, 0.05) is 24.7 Å². The van der Waals surface area contributed by atoms with Crippen molar-refractivity contribution in [3.05, 3.63) is 35.0 Å². The number of aromatic nitrogens is 2. The number of ether oxygens (including phenoxy) is 1. The second-order valence-electron chi connectivity index (χ2n) is 6.37. The fraction of sp³-hybridized carbons (Fsp3) is 0.500. The molecular formula is C18H24N4O2S. The van der Waals surface area contributed by atoms with Gasteiger partial charge in [-0.05, 0) is 44.4 Å². The smallest absolute Gasteiger partial charge is 0.262 e. The van der Waals surface area contributed by atoms with Gasteiger partial charge < -0.3 is 4.74 Å². The first-order valence-electron chi connectivity index (χ1n) is 8.71. The van der Waals surface area contributed by atoms with E-state index >= 15 is 0 Å². The Morgan fingerprint density at radius 1 is 1.52 bits per heavy atom. The van der Waals surface area contributed by atoms with E-state index < -0.39 is 0 Å². The highest BCUT2D eigenvalue weighted by molar-refractivity contribution is 7.14. The summed E-state index contributed by atoms with van der Waals surface area (Å²) in [5, 5.41) is 5.48. The van der Waals surface area contributed by atoms with Gasteiger partial charge in [0.05, 0.1) is 12.3 Å². The molecule has 1 fully saturated rings. The van der Waals surface area contributed by atoms with Crippen LogP contribution in [-0.4, -0.2) is 40.5 Å². The number of thiazole rings is 1. The van der Waals surface area contributed by atoms with Crippen LogP contribution >= 0.6 is 11.3 Å². The monoisotopic (exact) mass is 360 g/mol. The lowest BCUT2D eigenvalue weighted by atomic mass is 10.0. The van der Waals surface area contributed by atoms with Crippen LogP contribution in [0, 0.1) is 5.92 Å². The Kier molecular flexibility index (Phi) is 5.99. The molecule has 1 N–H and O–H groups in total. The predicted octanol–water partition coefficient (Wildman–Crippen LogP) is 3.42. The van der Waals surface area contributed by atoms with E-state index in [-0.39, 0.29) is 5.91 Å². The number of carbonyl (C=O) groups excluding carboxylic acids is 1. The largest absolute Gasteiger partial charge is 0.477 e. The molecule has 25 heavy (non-hydrogen) atoms. The standard InChI is InChI=1S/C18H24N4O2S/c1-3-24-17-15(7-4-8-19-17)16(23)21-18-20-14(12-25-18)11-22-9-5-6-13(2)10-22/h4,7-8,12-13H,3,5-6,9-11H2,1-2H3,(H,20,21,23)/t13-/m0/s1. The summed E-state index contributed by atoms with van der Waals surface area (Å²) >= 11 is 1.45. The Bertz CT molecular complexity index is 719. The molecule has 2 aromatic rings. The zero-order chi connectivity index (χ0) is 17.6. The number of rotatable bonds is 6. The molecular weight excluding hydrogens is 336 g/mol. The van der Waals surface area contributed by atoms with Gasteiger partial charge in [-0.25, -0.2) is 9.97 Å². The maximum atomic E-state index is 12.5. The van der Waals surface area contributed by atoms with Gasteiger partial charge in [0.15, 0.2) is 5.13 Å². The molecule has 1 amide bonds. The van der Waals surface area contributed by atoms with Gasteiger partial charge in [-0.1, -0.05) is 6.92 Å². The number of anilines is 1. The van der Waals surface area contributed by atoms with Crippen LogP contribution in [0.2, 0.25) is 0 Å². The summed E-state index contributed by atoms with van der Waals surface area (Å²) in [5.41, 5.74) is 1.43. The second kappa shape index (κ2) is 8.40. The Morgan fingerprint density at radius 3 is 3.20 bits per heavy atom. The Morgan fingerprint density at radius 2 is 2.40 bits per heavy atom. The molecule has 1 aliphatic rings. The summed E-state index contributed by atoms with van der Waals surface area (Å²) in [6, 6.07) is 3.43.